The van der Waals surface area contributed by atoms with Crippen LogP contribution in [0.4, 0.5) is 15.2 Å². The molecule has 0 saturated heterocycles. The number of carbonyl (C=O) groups is 1. The summed E-state index contributed by atoms with van der Waals surface area (Å²) in [4.78, 5) is 19.5. The van der Waals surface area contributed by atoms with Gasteiger partial charge in [0.15, 0.2) is 10.9 Å². The number of amides is 1. The molecule has 0 aliphatic rings. The fraction of sp³-hybridized carbons (Fsp3) is 0. The van der Waals surface area contributed by atoms with Crippen molar-refractivity contribution in [3.63, 3.8) is 0 Å². The number of rotatable bonds is 3. The lowest BCUT2D eigenvalue weighted by Gasteiger charge is -2.06. The molecule has 7 nitrogen and oxygen atoms in total. The van der Waals surface area contributed by atoms with Gasteiger partial charge in [0.1, 0.15) is 24.0 Å². The number of aromatic nitrogens is 4. The van der Waals surface area contributed by atoms with E-state index in [2.05, 4.69) is 20.4 Å². The number of benzene rings is 1. The molecule has 0 bridgehead atoms. The number of nitrogens with one attached hydrogen (secondary N) is 1. The molecule has 1 amide bonds. The molecule has 0 spiro atoms. The highest BCUT2D eigenvalue weighted by Crippen LogP contribution is 2.19. The molecule has 0 radical (unpaired) electrons. The van der Waals surface area contributed by atoms with Crippen molar-refractivity contribution in [1.29, 1.82) is 0 Å². The molecule has 0 unspecified atom stereocenters. The van der Waals surface area contributed by atoms with Crippen molar-refractivity contribution >= 4 is 28.1 Å². The first-order valence-corrected chi connectivity index (χ1v) is 6.68. The van der Waals surface area contributed by atoms with Gasteiger partial charge < -0.3 is 11.1 Å². The Labute approximate surface area is 122 Å². The maximum Gasteiger partial charge on any atom is 0.275 e. The summed E-state index contributed by atoms with van der Waals surface area (Å²) in [5.74, 6) is -0.980. The first-order valence-electron chi connectivity index (χ1n) is 5.80. The zero-order valence-electron chi connectivity index (χ0n) is 10.5. The molecule has 21 heavy (non-hydrogen) atoms. The Bertz CT molecular complexity index is 785. The molecule has 0 aliphatic heterocycles. The smallest absolute Gasteiger partial charge is 0.275 e. The topological polar surface area (TPSA) is 98.7 Å². The average molecular weight is 304 g/mol. The third kappa shape index (κ3) is 2.72. The molecule has 0 fully saturated rings. The van der Waals surface area contributed by atoms with E-state index in [1.165, 1.54) is 34.8 Å². The van der Waals surface area contributed by atoms with Crippen LogP contribution in [0.1, 0.15) is 10.5 Å². The third-order valence-corrected chi connectivity index (χ3v) is 3.30. The molecule has 0 saturated carbocycles. The summed E-state index contributed by atoms with van der Waals surface area (Å²) in [6.45, 7) is 0. The first kappa shape index (κ1) is 13.2. The van der Waals surface area contributed by atoms with E-state index < -0.39 is 11.7 Å². The number of hydrogen-bond acceptors (Lipinski definition) is 6. The Morgan fingerprint density at radius 2 is 2.29 bits per heavy atom. The zero-order chi connectivity index (χ0) is 14.8. The summed E-state index contributed by atoms with van der Waals surface area (Å²) in [5, 5.41) is 8.22. The maximum atomic E-state index is 14.0. The van der Waals surface area contributed by atoms with E-state index in [9.17, 15) is 9.18 Å². The van der Waals surface area contributed by atoms with Crippen LogP contribution in [-0.4, -0.2) is 25.7 Å². The normalized spacial score (nSPS) is 10.5. The van der Waals surface area contributed by atoms with Crippen molar-refractivity contribution in [2.75, 3.05) is 11.1 Å². The summed E-state index contributed by atoms with van der Waals surface area (Å²) < 4.78 is 15.3. The van der Waals surface area contributed by atoms with Gasteiger partial charge in [-0.05, 0) is 18.2 Å². The number of nitrogens with two attached hydrogens (primary N) is 1. The minimum absolute atomic E-state index is 0.193. The van der Waals surface area contributed by atoms with Crippen molar-refractivity contribution in [2.45, 2.75) is 0 Å². The SMILES string of the molecule is Nc1nc(C(=O)Nc2ccc(-n3cncn3)c(F)c2)cs1. The van der Waals surface area contributed by atoms with E-state index in [1.54, 1.807) is 6.07 Å². The van der Waals surface area contributed by atoms with Crippen LogP contribution < -0.4 is 11.1 Å². The molecular weight excluding hydrogens is 295 g/mol. The fourth-order valence-corrected chi connectivity index (χ4v) is 2.23. The number of hydrogen-bond donors (Lipinski definition) is 2. The van der Waals surface area contributed by atoms with E-state index in [0.29, 0.717) is 10.8 Å². The van der Waals surface area contributed by atoms with Gasteiger partial charge in [0.05, 0.1) is 0 Å². The number of halogens is 1. The number of thiazole rings is 1. The lowest BCUT2D eigenvalue weighted by Crippen LogP contribution is -2.13. The van der Waals surface area contributed by atoms with Crippen molar-refractivity contribution in [1.82, 2.24) is 19.7 Å². The quantitative estimate of drug-likeness (QED) is 0.767. The predicted octanol–water partition coefficient (Wildman–Crippen LogP) is 1.70. The van der Waals surface area contributed by atoms with Crippen LogP contribution in [0.25, 0.3) is 5.69 Å². The molecule has 9 heteroatoms. The van der Waals surface area contributed by atoms with Crippen LogP contribution in [0.2, 0.25) is 0 Å². The van der Waals surface area contributed by atoms with Gasteiger partial charge in [0.2, 0.25) is 0 Å². The van der Waals surface area contributed by atoms with Crippen LogP contribution in [0.3, 0.4) is 0 Å². The minimum atomic E-state index is -0.531. The van der Waals surface area contributed by atoms with Crippen LogP contribution in [0.15, 0.2) is 36.2 Å². The van der Waals surface area contributed by atoms with E-state index in [1.807, 2.05) is 0 Å². The average Bonchev–Trinajstić information content (AvgIpc) is 3.10. The minimum Gasteiger partial charge on any atom is -0.375 e. The molecule has 2 aromatic heterocycles. The highest BCUT2D eigenvalue weighted by atomic mass is 32.1. The van der Waals surface area contributed by atoms with Gasteiger partial charge in [-0.1, -0.05) is 0 Å². The van der Waals surface area contributed by atoms with E-state index in [4.69, 9.17) is 5.73 Å². The van der Waals surface area contributed by atoms with Gasteiger partial charge in [-0.2, -0.15) is 5.10 Å². The Morgan fingerprint density at radius 1 is 1.43 bits per heavy atom. The van der Waals surface area contributed by atoms with Crippen molar-refractivity contribution in [3.05, 3.63) is 47.7 Å². The summed E-state index contributed by atoms with van der Waals surface area (Å²) in [7, 11) is 0. The molecule has 1 aromatic carbocycles. The monoisotopic (exact) mass is 304 g/mol. The molecule has 3 rings (SSSR count). The Kier molecular flexibility index (Phi) is 3.32. The Balaban J connectivity index is 1.81. The second-order valence-corrected chi connectivity index (χ2v) is 4.92. The number of nitrogens with zero attached hydrogens (tertiary/aromatic N) is 4. The highest BCUT2D eigenvalue weighted by Gasteiger charge is 2.12. The summed E-state index contributed by atoms with van der Waals surface area (Å²) in [6, 6.07) is 4.26. The molecule has 3 N–H and O–H groups in total. The summed E-state index contributed by atoms with van der Waals surface area (Å²) in [5.41, 5.74) is 6.20. The highest BCUT2D eigenvalue weighted by molar-refractivity contribution is 7.13. The largest absolute Gasteiger partial charge is 0.375 e. The van der Waals surface area contributed by atoms with E-state index in [-0.39, 0.29) is 11.4 Å². The second-order valence-electron chi connectivity index (χ2n) is 4.03. The van der Waals surface area contributed by atoms with Gasteiger partial charge in [-0.3, -0.25) is 4.79 Å². The van der Waals surface area contributed by atoms with Crippen molar-refractivity contribution in [2.24, 2.45) is 0 Å². The number of anilines is 2. The number of nitrogen functional groups attached to an aromatic ring is 1. The predicted molar refractivity (Wildman–Crippen MR) is 75.8 cm³/mol. The van der Waals surface area contributed by atoms with Gasteiger partial charge in [-0.25, -0.2) is 19.0 Å². The van der Waals surface area contributed by atoms with E-state index >= 15 is 0 Å². The molecule has 106 valence electrons. The Hall–Kier alpha value is -2.81. The van der Waals surface area contributed by atoms with Crippen molar-refractivity contribution < 1.29 is 9.18 Å². The van der Waals surface area contributed by atoms with Crippen LogP contribution >= 0.6 is 11.3 Å². The molecular formula is C12H9FN6OS. The van der Waals surface area contributed by atoms with Gasteiger partial charge in [-0.15, -0.1) is 11.3 Å². The van der Waals surface area contributed by atoms with Gasteiger partial charge >= 0.3 is 0 Å². The second kappa shape index (κ2) is 5.29. The molecule has 0 aliphatic carbocycles. The maximum absolute atomic E-state index is 14.0. The van der Waals surface area contributed by atoms with Crippen LogP contribution in [-0.2, 0) is 0 Å². The molecule has 2 heterocycles. The third-order valence-electron chi connectivity index (χ3n) is 2.63. The van der Waals surface area contributed by atoms with E-state index in [0.717, 1.165) is 11.3 Å². The Morgan fingerprint density at radius 3 is 2.90 bits per heavy atom. The lowest BCUT2D eigenvalue weighted by molar-refractivity contribution is 0.102. The summed E-state index contributed by atoms with van der Waals surface area (Å²) >= 11 is 1.16. The number of carbonyl (C=O) groups excluding carboxylic acids is 1. The first-order chi connectivity index (χ1) is 10.1. The summed E-state index contributed by atoms with van der Waals surface area (Å²) in [6.07, 6.45) is 2.69. The van der Waals surface area contributed by atoms with Gasteiger partial charge in [0.25, 0.3) is 5.91 Å². The fourth-order valence-electron chi connectivity index (χ4n) is 1.69. The van der Waals surface area contributed by atoms with Crippen molar-refractivity contribution in [3.8, 4) is 5.69 Å². The lowest BCUT2D eigenvalue weighted by atomic mass is 10.2. The van der Waals surface area contributed by atoms with Crippen LogP contribution in [0, 0.1) is 5.82 Å². The van der Waals surface area contributed by atoms with Crippen LogP contribution in [0.5, 0.6) is 0 Å². The zero-order valence-corrected chi connectivity index (χ0v) is 11.3. The standard InChI is InChI=1S/C12H9FN6OS/c13-8-3-7(1-2-10(8)19-6-15-5-16-19)17-11(20)9-4-21-12(14)18-9/h1-6H,(H2,14,18)(H,17,20). The molecule has 0 atom stereocenters. The van der Waals surface area contributed by atoms with Gasteiger partial charge in [0, 0.05) is 11.1 Å². The molecule has 3 aromatic rings.